The number of carbonyl (C=O) groups excluding carboxylic acids is 1. The number of benzene rings is 1. The summed E-state index contributed by atoms with van der Waals surface area (Å²) in [4.78, 5) is 11.9. The lowest BCUT2D eigenvalue weighted by Crippen LogP contribution is -2.15. The summed E-state index contributed by atoms with van der Waals surface area (Å²) in [6, 6.07) is 4.74. The Morgan fingerprint density at radius 3 is 2.62 bits per heavy atom. The van der Waals surface area contributed by atoms with Gasteiger partial charge in [-0.25, -0.2) is 4.79 Å². The number of aromatic nitrogens is 2. The number of carbonyl (C=O) groups is 1. The molecular formula is C17H18N2O4S. The van der Waals surface area contributed by atoms with E-state index in [1.54, 1.807) is 30.4 Å². The maximum atomic E-state index is 12.7. The van der Waals surface area contributed by atoms with Crippen molar-refractivity contribution in [1.82, 2.24) is 9.19 Å². The maximum Gasteiger partial charge on any atom is 0.338 e. The number of allylic oxidation sites excluding steroid dienone is 5. The predicted octanol–water partition coefficient (Wildman–Crippen LogP) is 3.04. The monoisotopic (exact) mass is 346 g/mol. The van der Waals surface area contributed by atoms with Gasteiger partial charge >= 0.3 is 5.97 Å². The molecule has 24 heavy (non-hydrogen) atoms. The highest BCUT2D eigenvalue weighted by molar-refractivity contribution is 7.93. The second kappa shape index (κ2) is 6.84. The molecule has 0 N–H and O–H groups in total. The number of ether oxygens (including phenoxy) is 1. The van der Waals surface area contributed by atoms with Crippen LogP contribution in [0, 0.1) is 0 Å². The van der Waals surface area contributed by atoms with Crippen LogP contribution in [-0.4, -0.2) is 30.7 Å². The normalized spacial score (nSPS) is 13.1. The highest BCUT2D eigenvalue weighted by Gasteiger charge is 2.22. The Morgan fingerprint density at radius 1 is 1.29 bits per heavy atom. The molecule has 0 spiro atoms. The summed E-state index contributed by atoms with van der Waals surface area (Å²) in [6.07, 6.45) is 6.12. The SMILES string of the molecule is C=C/C(C)=C\C=C(/C)S(=O)(=O)n1ncc2c(C(=O)OC)cccc21. The van der Waals surface area contributed by atoms with E-state index >= 15 is 0 Å². The third-order valence-corrected chi connectivity index (χ3v) is 5.22. The number of rotatable bonds is 5. The molecule has 1 aromatic carbocycles. The molecule has 0 saturated heterocycles. The van der Waals surface area contributed by atoms with Crippen molar-refractivity contribution in [3.63, 3.8) is 0 Å². The molecule has 0 saturated carbocycles. The fourth-order valence-electron chi connectivity index (χ4n) is 2.05. The van der Waals surface area contributed by atoms with Gasteiger partial charge in [0.1, 0.15) is 0 Å². The highest BCUT2D eigenvalue weighted by atomic mass is 32.2. The van der Waals surface area contributed by atoms with Gasteiger partial charge < -0.3 is 4.74 Å². The lowest BCUT2D eigenvalue weighted by Gasteiger charge is -2.06. The van der Waals surface area contributed by atoms with Crippen molar-refractivity contribution in [3.05, 3.63) is 65.2 Å². The Balaban J connectivity index is 2.61. The number of hydrogen-bond donors (Lipinski definition) is 0. The van der Waals surface area contributed by atoms with Crippen LogP contribution >= 0.6 is 0 Å². The Bertz CT molecular complexity index is 966. The van der Waals surface area contributed by atoms with E-state index in [9.17, 15) is 13.2 Å². The van der Waals surface area contributed by atoms with Gasteiger partial charge in [0, 0.05) is 5.39 Å². The zero-order valence-electron chi connectivity index (χ0n) is 13.7. The first-order valence-electron chi connectivity index (χ1n) is 7.11. The molecule has 0 aliphatic carbocycles. The van der Waals surface area contributed by atoms with Gasteiger partial charge in [-0.1, -0.05) is 30.4 Å². The van der Waals surface area contributed by atoms with Gasteiger partial charge in [-0.05, 0) is 32.1 Å². The minimum atomic E-state index is -3.84. The second-order valence-corrected chi connectivity index (χ2v) is 7.05. The quantitative estimate of drug-likeness (QED) is 0.614. The summed E-state index contributed by atoms with van der Waals surface area (Å²) < 4.78 is 31.1. The van der Waals surface area contributed by atoms with E-state index in [0.717, 1.165) is 9.66 Å². The second-order valence-electron chi connectivity index (χ2n) is 5.11. The molecule has 0 atom stereocenters. The van der Waals surface area contributed by atoms with Gasteiger partial charge in [-0.3, -0.25) is 0 Å². The molecule has 0 aliphatic rings. The summed E-state index contributed by atoms with van der Waals surface area (Å²) in [5.41, 5.74) is 1.42. The largest absolute Gasteiger partial charge is 0.465 e. The van der Waals surface area contributed by atoms with Crippen LogP contribution in [0.15, 0.2) is 59.7 Å². The van der Waals surface area contributed by atoms with E-state index < -0.39 is 16.0 Å². The Hall–Kier alpha value is -2.67. The molecule has 2 aromatic rings. The first-order chi connectivity index (χ1) is 11.3. The average molecular weight is 346 g/mol. The van der Waals surface area contributed by atoms with E-state index in [2.05, 4.69) is 11.7 Å². The molecule has 0 amide bonds. The Kier molecular flexibility index (Phi) is 5.04. The lowest BCUT2D eigenvalue weighted by atomic mass is 10.1. The van der Waals surface area contributed by atoms with Crippen molar-refractivity contribution < 1.29 is 17.9 Å². The first kappa shape index (κ1) is 17.7. The summed E-state index contributed by atoms with van der Waals surface area (Å²) in [5.74, 6) is -0.547. The summed E-state index contributed by atoms with van der Waals surface area (Å²) in [7, 11) is -2.57. The standard InChI is InChI=1S/C17H18N2O4S/c1-5-12(2)9-10-13(3)24(21,22)19-16-8-6-7-14(17(20)23-4)15(16)11-18-19/h5-11H,1H2,2-4H3/b12-9-,13-10+. The minimum absolute atomic E-state index is 0.122. The van der Waals surface area contributed by atoms with Gasteiger partial charge in [-0.15, -0.1) is 0 Å². The fraction of sp³-hybridized carbons (Fsp3) is 0.176. The fourth-order valence-corrected chi connectivity index (χ4v) is 3.15. The molecule has 126 valence electrons. The predicted molar refractivity (Wildman–Crippen MR) is 93.1 cm³/mol. The van der Waals surface area contributed by atoms with Crippen LogP contribution in [0.5, 0.6) is 0 Å². The molecule has 2 rings (SSSR count). The van der Waals surface area contributed by atoms with Crippen LogP contribution in [-0.2, 0) is 14.8 Å². The third kappa shape index (κ3) is 3.16. The van der Waals surface area contributed by atoms with Crippen molar-refractivity contribution >= 4 is 26.9 Å². The minimum Gasteiger partial charge on any atom is -0.465 e. The van der Waals surface area contributed by atoms with Crippen LogP contribution in [0.25, 0.3) is 10.9 Å². The number of hydrogen-bond acceptors (Lipinski definition) is 5. The van der Waals surface area contributed by atoms with E-state index in [1.165, 1.54) is 26.3 Å². The molecule has 0 fully saturated rings. The third-order valence-electron chi connectivity index (χ3n) is 3.52. The molecule has 1 heterocycles. The molecule has 0 aliphatic heterocycles. The van der Waals surface area contributed by atoms with Crippen LogP contribution in [0.4, 0.5) is 0 Å². The number of esters is 1. The van der Waals surface area contributed by atoms with Crippen LogP contribution < -0.4 is 0 Å². The average Bonchev–Trinajstić information content (AvgIpc) is 3.03. The van der Waals surface area contributed by atoms with Crippen LogP contribution in [0.2, 0.25) is 0 Å². The number of methoxy groups -OCH3 is 1. The lowest BCUT2D eigenvalue weighted by molar-refractivity contribution is 0.0603. The Morgan fingerprint density at radius 2 is 2.00 bits per heavy atom. The smallest absolute Gasteiger partial charge is 0.338 e. The topological polar surface area (TPSA) is 78.3 Å². The van der Waals surface area contributed by atoms with E-state index in [0.29, 0.717) is 10.9 Å². The van der Waals surface area contributed by atoms with Gasteiger partial charge in [-0.2, -0.15) is 17.6 Å². The maximum absolute atomic E-state index is 12.7. The molecular weight excluding hydrogens is 328 g/mol. The summed E-state index contributed by atoms with van der Waals surface area (Å²) >= 11 is 0. The van der Waals surface area contributed by atoms with Crippen molar-refractivity contribution in [1.29, 1.82) is 0 Å². The van der Waals surface area contributed by atoms with Gasteiger partial charge in [0.15, 0.2) is 0 Å². The zero-order valence-corrected chi connectivity index (χ0v) is 14.5. The summed E-state index contributed by atoms with van der Waals surface area (Å²) in [5, 5.41) is 4.37. The van der Waals surface area contributed by atoms with Crippen LogP contribution in [0.3, 0.4) is 0 Å². The van der Waals surface area contributed by atoms with Crippen molar-refractivity contribution in [2.75, 3.05) is 7.11 Å². The van der Waals surface area contributed by atoms with E-state index in [1.807, 2.05) is 6.92 Å². The molecule has 7 heteroatoms. The zero-order chi connectivity index (χ0) is 17.9. The van der Waals surface area contributed by atoms with Crippen LogP contribution in [0.1, 0.15) is 24.2 Å². The molecule has 0 radical (unpaired) electrons. The molecule has 6 nitrogen and oxygen atoms in total. The molecule has 1 aromatic heterocycles. The van der Waals surface area contributed by atoms with Crippen molar-refractivity contribution in [2.24, 2.45) is 0 Å². The van der Waals surface area contributed by atoms with E-state index in [-0.39, 0.29) is 10.5 Å². The Labute approximate surface area is 140 Å². The van der Waals surface area contributed by atoms with Crippen molar-refractivity contribution in [2.45, 2.75) is 13.8 Å². The first-order valence-corrected chi connectivity index (χ1v) is 8.55. The van der Waals surface area contributed by atoms with Gasteiger partial charge in [0.05, 0.1) is 29.3 Å². The number of fused-ring (bicyclic) bond motifs is 1. The highest BCUT2D eigenvalue weighted by Crippen LogP contribution is 2.23. The molecule has 0 bridgehead atoms. The molecule has 0 unspecified atom stereocenters. The van der Waals surface area contributed by atoms with Gasteiger partial charge in [0.25, 0.3) is 10.0 Å². The summed E-state index contributed by atoms with van der Waals surface area (Å²) in [6.45, 7) is 6.92. The number of nitrogens with zero attached hydrogens (tertiary/aromatic N) is 2. The van der Waals surface area contributed by atoms with Gasteiger partial charge in [0.2, 0.25) is 0 Å². The van der Waals surface area contributed by atoms with E-state index in [4.69, 9.17) is 4.74 Å². The van der Waals surface area contributed by atoms with Crippen molar-refractivity contribution in [3.8, 4) is 0 Å².